The van der Waals surface area contributed by atoms with Crippen molar-refractivity contribution in [1.29, 1.82) is 0 Å². The zero-order chi connectivity index (χ0) is 15.8. The van der Waals surface area contributed by atoms with Gasteiger partial charge in [0.05, 0.1) is 7.11 Å². The van der Waals surface area contributed by atoms with Crippen LogP contribution in [0.25, 0.3) is 0 Å². The molecular formula is C15H19F2NO3. The molecule has 0 unspecified atom stereocenters. The third-order valence-electron chi connectivity index (χ3n) is 4.07. The van der Waals surface area contributed by atoms with Crippen molar-refractivity contribution in [2.24, 2.45) is 0 Å². The molecule has 0 saturated carbocycles. The van der Waals surface area contributed by atoms with Crippen LogP contribution in [0.5, 0.6) is 5.75 Å². The number of carboxylic acids is 1. The fourth-order valence-corrected chi connectivity index (χ4v) is 2.73. The number of hydrogen-bond acceptors (Lipinski definition) is 3. The summed E-state index contributed by atoms with van der Waals surface area (Å²) in [5.74, 6) is -2.98. The summed E-state index contributed by atoms with van der Waals surface area (Å²) in [6.07, 6.45) is 0. The van der Waals surface area contributed by atoms with E-state index in [1.165, 1.54) is 19.2 Å². The van der Waals surface area contributed by atoms with Crippen molar-refractivity contribution in [1.82, 2.24) is 4.90 Å². The molecule has 1 N–H and O–H groups in total. The van der Waals surface area contributed by atoms with E-state index in [0.717, 1.165) is 6.07 Å². The first-order valence-electron chi connectivity index (χ1n) is 6.79. The lowest BCUT2D eigenvalue weighted by molar-refractivity contribution is -0.151. The number of alkyl halides is 1. The van der Waals surface area contributed by atoms with Crippen LogP contribution in [0.2, 0.25) is 0 Å². The quantitative estimate of drug-likeness (QED) is 0.927. The average Bonchev–Trinajstić information content (AvgIpc) is 2.78. The minimum Gasteiger partial charge on any atom is -0.494 e. The van der Waals surface area contributed by atoms with Gasteiger partial charge in [0.15, 0.2) is 11.6 Å². The number of rotatable bonds is 4. The lowest BCUT2D eigenvalue weighted by Crippen LogP contribution is -2.41. The van der Waals surface area contributed by atoms with Gasteiger partial charge in [-0.3, -0.25) is 4.90 Å². The normalized spacial score (nSPS) is 26.3. The van der Waals surface area contributed by atoms with Gasteiger partial charge in [-0.1, -0.05) is 6.07 Å². The van der Waals surface area contributed by atoms with E-state index in [-0.39, 0.29) is 24.9 Å². The molecule has 0 spiro atoms. The monoisotopic (exact) mass is 299 g/mol. The summed E-state index contributed by atoms with van der Waals surface area (Å²) in [6.45, 7) is 3.79. The van der Waals surface area contributed by atoms with Crippen molar-refractivity contribution < 1.29 is 23.4 Å². The Balaban J connectivity index is 2.40. The number of benzene rings is 1. The molecule has 0 amide bonds. The summed E-state index contributed by atoms with van der Waals surface area (Å²) < 4.78 is 33.5. The molecule has 1 aromatic rings. The molecule has 0 radical (unpaired) electrons. The van der Waals surface area contributed by atoms with E-state index in [4.69, 9.17) is 4.74 Å². The molecule has 6 heteroatoms. The maximum absolute atomic E-state index is 14.9. The van der Waals surface area contributed by atoms with Gasteiger partial charge < -0.3 is 9.84 Å². The van der Waals surface area contributed by atoms with Crippen molar-refractivity contribution in [3.8, 4) is 5.75 Å². The summed E-state index contributed by atoms with van der Waals surface area (Å²) in [7, 11) is 1.34. The minimum atomic E-state index is -2.41. The van der Waals surface area contributed by atoms with Crippen LogP contribution >= 0.6 is 0 Å². The summed E-state index contributed by atoms with van der Waals surface area (Å²) in [4.78, 5) is 13.1. The van der Waals surface area contributed by atoms with Gasteiger partial charge in [0.25, 0.3) is 0 Å². The van der Waals surface area contributed by atoms with Crippen molar-refractivity contribution in [2.45, 2.75) is 31.5 Å². The maximum Gasteiger partial charge on any atom is 0.343 e. The Morgan fingerprint density at radius 3 is 2.67 bits per heavy atom. The number of aliphatic carboxylic acids is 1. The van der Waals surface area contributed by atoms with Crippen LogP contribution in [0.3, 0.4) is 0 Å². The highest BCUT2D eigenvalue weighted by atomic mass is 19.1. The number of ether oxygens (including phenoxy) is 1. The van der Waals surface area contributed by atoms with Gasteiger partial charge in [-0.2, -0.15) is 0 Å². The predicted octanol–water partition coefficient (Wildman–Crippen LogP) is 2.43. The Kier molecular flexibility index (Phi) is 4.18. The molecular weight excluding hydrogens is 280 g/mol. The van der Waals surface area contributed by atoms with E-state index < -0.39 is 23.4 Å². The van der Waals surface area contributed by atoms with Gasteiger partial charge in [0, 0.05) is 25.0 Å². The molecule has 1 saturated heterocycles. The zero-order valence-electron chi connectivity index (χ0n) is 12.3. The van der Waals surface area contributed by atoms with Gasteiger partial charge in [-0.25, -0.2) is 13.6 Å². The first-order valence-corrected chi connectivity index (χ1v) is 6.79. The summed E-state index contributed by atoms with van der Waals surface area (Å²) in [5.41, 5.74) is -2.08. The molecule has 1 aliphatic rings. The highest BCUT2D eigenvalue weighted by Gasteiger charge is 2.54. The SMILES string of the molecule is COc1ccc([C@@H]2CN(C(C)C)C[C@@]2(F)C(=O)O)cc1F. The van der Waals surface area contributed by atoms with E-state index in [1.54, 1.807) is 4.90 Å². The second-order valence-electron chi connectivity index (χ2n) is 5.64. The first-order chi connectivity index (χ1) is 9.79. The van der Waals surface area contributed by atoms with E-state index >= 15 is 0 Å². The topological polar surface area (TPSA) is 49.8 Å². The Bertz CT molecular complexity index is 550. The molecule has 1 aromatic carbocycles. The molecule has 4 nitrogen and oxygen atoms in total. The number of halogens is 2. The largest absolute Gasteiger partial charge is 0.494 e. The summed E-state index contributed by atoms with van der Waals surface area (Å²) >= 11 is 0. The maximum atomic E-state index is 14.9. The molecule has 1 heterocycles. The Morgan fingerprint density at radius 1 is 1.52 bits per heavy atom. The van der Waals surface area contributed by atoms with Gasteiger partial charge in [-0.05, 0) is 31.5 Å². The molecule has 21 heavy (non-hydrogen) atoms. The minimum absolute atomic E-state index is 0.0209. The number of carbonyl (C=O) groups is 1. The van der Waals surface area contributed by atoms with E-state index in [1.807, 2.05) is 13.8 Å². The number of nitrogens with zero attached hydrogens (tertiary/aromatic N) is 1. The highest BCUT2D eigenvalue weighted by molar-refractivity contribution is 5.80. The van der Waals surface area contributed by atoms with Crippen molar-refractivity contribution in [3.05, 3.63) is 29.6 Å². The standard InChI is InChI=1S/C15H19F2NO3/c1-9(2)18-7-11(15(17,8-18)14(19)20)10-4-5-13(21-3)12(16)6-10/h4-6,9,11H,7-8H2,1-3H3,(H,19,20)/t11-,15-/m0/s1. The number of likely N-dealkylation sites (tertiary alicyclic amines) is 1. The van der Waals surface area contributed by atoms with E-state index in [0.29, 0.717) is 5.56 Å². The summed E-state index contributed by atoms with van der Waals surface area (Å²) in [6, 6.07) is 4.09. The van der Waals surface area contributed by atoms with Gasteiger partial charge in [-0.15, -0.1) is 0 Å². The fraction of sp³-hybridized carbons (Fsp3) is 0.533. The van der Waals surface area contributed by atoms with Gasteiger partial charge in [0.2, 0.25) is 5.67 Å². The molecule has 0 aromatic heterocycles. The Labute approximate surface area is 122 Å². The van der Waals surface area contributed by atoms with Crippen LogP contribution < -0.4 is 4.74 Å². The predicted molar refractivity (Wildman–Crippen MR) is 73.9 cm³/mol. The summed E-state index contributed by atoms with van der Waals surface area (Å²) in [5, 5.41) is 9.25. The second kappa shape index (κ2) is 5.60. The molecule has 0 aliphatic carbocycles. The molecule has 2 rings (SSSR count). The molecule has 116 valence electrons. The van der Waals surface area contributed by atoms with E-state index in [9.17, 15) is 18.7 Å². The highest BCUT2D eigenvalue weighted by Crippen LogP contribution is 2.41. The van der Waals surface area contributed by atoms with Crippen molar-refractivity contribution in [3.63, 3.8) is 0 Å². The van der Waals surface area contributed by atoms with Crippen LogP contribution in [0, 0.1) is 5.82 Å². The molecule has 1 fully saturated rings. The van der Waals surface area contributed by atoms with Crippen LogP contribution in [-0.2, 0) is 4.79 Å². The second-order valence-corrected chi connectivity index (χ2v) is 5.64. The van der Waals surface area contributed by atoms with Gasteiger partial charge in [0.1, 0.15) is 0 Å². The van der Waals surface area contributed by atoms with Crippen LogP contribution in [-0.4, -0.2) is 47.9 Å². The lowest BCUT2D eigenvalue weighted by Gasteiger charge is -2.22. The molecule has 2 atom stereocenters. The lowest BCUT2D eigenvalue weighted by atomic mass is 9.86. The average molecular weight is 299 g/mol. The first kappa shape index (κ1) is 15.7. The Hall–Kier alpha value is -1.69. The van der Waals surface area contributed by atoms with E-state index in [2.05, 4.69) is 0 Å². The van der Waals surface area contributed by atoms with Gasteiger partial charge >= 0.3 is 5.97 Å². The number of hydrogen-bond donors (Lipinski definition) is 1. The van der Waals surface area contributed by atoms with Crippen molar-refractivity contribution >= 4 is 5.97 Å². The number of methoxy groups -OCH3 is 1. The van der Waals surface area contributed by atoms with Crippen LogP contribution in [0.15, 0.2) is 18.2 Å². The van der Waals surface area contributed by atoms with Crippen LogP contribution in [0.4, 0.5) is 8.78 Å². The Morgan fingerprint density at radius 2 is 2.19 bits per heavy atom. The van der Waals surface area contributed by atoms with Crippen molar-refractivity contribution in [2.75, 3.05) is 20.2 Å². The third kappa shape index (κ3) is 2.72. The smallest absolute Gasteiger partial charge is 0.343 e. The third-order valence-corrected chi connectivity index (χ3v) is 4.07. The zero-order valence-corrected chi connectivity index (χ0v) is 12.3. The fourth-order valence-electron chi connectivity index (χ4n) is 2.73. The number of carboxylic acid groups (broad SMARTS) is 1. The molecule has 0 bridgehead atoms. The molecule has 1 aliphatic heterocycles. The van der Waals surface area contributed by atoms with Crippen LogP contribution in [0.1, 0.15) is 25.3 Å².